The van der Waals surface area contributed by atoms with E-state index in [0.29, 0.717) is 18.8 Å². The molecular weight excluding hydrogens is 301 g/mol. The average Bonchev–Trinajstić information content (AvgIpc) is 2.29. The van der Waals surface area contributed by atoms with Crippen molar-refractivity contribution in [1.82, 2.24) is 5.48 Å². The van der Waals surface area contributed by atoms with Gasteiger partial charge in [0.1, 0.15) is 5.75 Å². The summed E-state index contributed by atoms with van der Waals surface area (Å²) in [5.41, 5.74) is 2.49. The van der Waals surface area contributed by atoms with Crippen molar-refractivity contribution in [2.75, 3.05) is 6.61 Å². The Labute approximate surface area is 129 Å². The van der Waals surface area contributed by atoms with Crippen molar-refractivity contribution in [2.45, 2.75) is 32.8 Å². The molecule has 0 saturated heterocycles. The lowest BCUT2D eigenvalue weighted by molar-refractivity contribution is -0.0522. The minimum absolute atomic E-state index is 0.00998. The monoisotopic (exact) mass is 319 g/mol. The summed E-state index contributed by atoms with van der Waals surface area (Å²) in [6, 6.07) is 2.77. The van der Waals surface area contributed by atoms with Crippen molar-refractivity contribution < 1.29 is 14.7 Å². The molecule has 1 rings (SSSR count). The van der Waals surface area contributed by atoms with Gasteiger partial charge in [-0.3, -0.25) is 10.3 Å². The number of phenolic OH excluding ortho intramolecular Hbond substituents is 1. The predicted molar refractivity (Wildman–Crippen MR) is 81.4 cm³/mol. The molecule has 0 unspecified atom stereocenters. The zero-order chi connectivity index (χ0) is 15.2. The van der Waals surface area contributed by atoms with Crippen molar-refractivity contribution in [1.29, 1.82) is 0 Å². The Kier molecular flexibility index (Phi) is 6.46. The van der Waals surface area contributed by atoms with Gasteiger partial charge < -0.3 is 9.84 Å². The maximum absolute atomic E-state index is 9.29. The third-order valence-corrected chi connectivity index (χ3v) is 2.63. The van der Waals surface area contributed by atoms with E-state index in [9.17, 15) is 5.11 Å². The van der Waals surface area contributed by atoms with Crippen LogP contribution >= 0.6 is 23.2 Å². The van der Waals surface area contributed by atoms with Gasteiger partial charge in [0.2, 0.25) is 0 Å². The van der Waals surface area contributed by atoms with Crippen LogP contribution in [0.25, 0.3) is 0 Å². The number of benzene rings is 1. The number of phenols is 1. The number of halogens is 2. The van der Waals surface area contributed by atoms with Crippen molar-refractivity contribution in [2.24, 2.45) is 0 Å². The van der Waals surface area contributed by atoms with Crippen molar-refractivity contribution in [3.05, 3.63) is 34.5 Å². The van der Waals surface area contributed by atoms with E-state index in [-0.39, 0.29) is 21.4 Å². The van der Waals surface area contributed by atoms with E-state index in [1.165, 1.54) is 12.1 Å². The quantitative estimate of drug-likeness (QED) is 0.606. The lowest BCUT2D eigenvalue weighted by atomic mass is 10.2. The summed E-state index contributed by atoms with van der Waals surface area (Å²) in [7, 11) is 0. The molecule has 0 atom stereocenters. The Morgan fingerprint density at radius 3 is 2.40 bits per heavy atom. The van der Waals surface area contributed by atoms with Crippen LogP contribution in [0.5, 0.6) is 11.5 Å². The molecule has 2 N–H and O–H groups in total. The van der Waals surface area contributed by atoms with Gasteiger partial charge in [-0.05, 0) is 20.8 Å². The number of hydrogen-bond acceptors (Lipinski definition) is 4. The van der Waals surface area contributed by atoms with Crippen molar-refractivity contribution >= 4 is 23.2 Å². The fourth-order valence-electron chi connectivity index (χ4n) is 1.26. The molecule has 0 aliphatic heterocycles. The summed E-state index contributed by atoms with van der Waals surface area (Å²) in [5.74, 6) is 0.384. The van der Waals surface area contributed by atoms with Crippen LogP contribution in [0.2, 0.25) is 10.0 Å². The predicted octanol–water partition coefficient (Wildman–Crippen LogP) is 4.30. The van der Waals surface area contributed by atoms with Gasteiger partial charge in [0, 0.05) is 24.8 Å². The van der Waals surface area contributed by atoms with Crippen LogP contribution in [0.15, 0.2) is 24.4 Å². The second-order valence-corrected chi connectivity index (χ2v) is 5.92. The van der Waals surface area contributed by atoms with Crippen molar-refractivity contribution in [3.8, 4) is 11.5 Å². The largest absolute Gasteiger partial charge is 0.508 e. The van der Waals surface area contributed by atoms with E-state index in [0.717, 1.165) is 0 Å². The Balaban J connectivity index is 2.33. The number of aromatic hydroxyl groups is 1. The molecule has 20 heavy (non-hydrogen) atoms. The molecule has 0 amide bonds. The highest BCUT2D eigenvalue weighted by atomic mass is 35.5. The van der Waals surface area contributed by atoms with Crippen LogP contribution in [0.4, 0.5) is 0 Å². The lowest BCUT2D eigenvalue weighted by Gasteiger charge is -2.17. The van der Waals surface area contributed by atoms with E-state index in [1.807, 2.05) is 26.8 Å². The molecular formula is C14H19Cl2NO3. The number of ether oxygens (including phenoxy) is 1. The highest BCUT2D eigenvalue weighted by molar-refractivity contribution is 6.37. The van der Waals surface area contributed by atoms with E-state index in [4.69, 9.17) is 32.8 Å². The van der Waals surface area contributed by atoms with Gasteiger partial charge in [0.25, 0.3) is 0 Å². The fourth-order valence-corrected chi connectivity index (χ4v) is 1.84. The van der Waals surface area contributed by atoms with Gasteiger partial charge in [0.05, 0.1) is 22.3 Å². The van der Waals surface area contributed by atoms with Gasteiger partial charge in [-0.25, -0.2) is 0 Å². The molecule has 0 fully saturated rings. The number of hydroxylamine groups is 1. The normalized spacial score (nSPS) is 11.8. The molecule has 1 aromatic carbocycles. The SMILES string of the molecule is CC(C)(C)ONC=CCCOc1c(Cl)cc(O)cc1Cl. The van der Waals surface area contributed by atoms with Crippen molar-refractivity contribution in [3.63, 3.8) is 0 Å². The van der Waals surface area contributed by atoms with Crippen LogP contribution in [-0.4, -0.2) is 17.3 Å². The van der Waals surface area contributed by atoms with Crippen LogP contribution in [0.3, 0.4) is 0 Å². The summed E-state index contributed by atoms with van der Waals surface area (Å²) >= 11 is 11.9. The summed E-state index contributed by atoms with van der Waals surface area (Å²) in [5, 5.41) is 9.87. The van der Waals surface area contributed by atoms with Gasteiger partial charge in [-0.15, -0.1) is 0 Å². The summed E-state index contributed by atoms with van der Waals surface area (Å²) in [6.45, 7) is 6.27. The van der Waals surface area contributed by atoms with Gasteiger partial charge in [-0.2, -0.15) is 0 Å². The molecule has 6 heteroatoms. The molecule has 0 aliphatic rings. The summed E-state index contributed by atoms with van der Waals surface area (Å²) in [6.07, 6.45) is 4.23. The van der Waals surface area contributed by atoms with Crippen LogP contribution in [0.1, 0.15) is 27.2 Å². The lowest BCUT2D eigenvalue weighted by Crippen LogP contribution is -2.25. The molecule has 0 aromatic heterocycles. The number of nitrogens with one attached hydrogen (secondary N) is 1. The van der Waals surface area contributed by atoms with Gasteiger partial charge in [-0.1, -0.05) is 29.3 Å². The van der Waals surface area contributed by atoms with E-state index in [1.54, 1.807) is 6.20 Å². The highest BCUT2D eigenvalue weighted by Crippen LogP contribution is 2.36. The molecule has 0 heterocycles. The van der Waals surface area contributed by atoms with E-state index in [2.05, 4.69) is 5.48 Å². The third-order valence-electron chi connectivity index (χ3n) is 2.06. The molecule has 0 bridgehead atoms. The van der Waals surface area contributed by atoms with Gasteiger partial charge >= 0.3 is 0 Å². The molecule has 1 aromatic rings. The fraction of sp³-hybridized carbons (Fsp3) is 0.429. The molecule has 0 aliphatic carbocycles. The maximum atomic E-state index is 9.29. The second kappa shape index (κ2) is 7.62. The van der Waals surface area contributed by atoms with E-state index < -0.39 is 0 Å². The molecule has 112 valence electrons. The number of hydrogen-bond donors (Lipinski definition) is 2. The Morgan fingerprint density at radius 2 is 1.85 bits per heavy atom. The third kappa shape index (κ3) is 6.37. The topological polar surface area (TPSA) is 50.7 Å². The highest BCUT2D eigenvalue weighted by Gasteiger charge is 2.09. The van der Waals surface area contributed by atoms with Crippen LogP contribution < -0.4 is 10.2 Å². The molecule has 0 spiro atoms. The molecule has 0 radical (unpaired) electrons. The Hall–Kier alpha value is -1.10. The zero-order valence-corrected chi connectivity index (χ0v) is 13.3. The molecule has 0 saturated carbocycles. The first-order chi connectivity index (χ1) is 9.29. The summed E-state index contributed by atoms with van der Waals surface area (Å²) < 4.78 is 5.48. The Bertz CT molecular complexity index is 447. The second-order valence-electron chi connectivity index (χ2n) is 5.11. The first kappa shape index (κ1) is 17.0. The first-order valence-electron chi connectivity index (χ1n) is 6.19. The van der Waals surface area contributed by atoms with Crippen LogP contribution in [-0.2, 0) is 4.84 Å². The zero-order valence-electron chi connectivity index (χ0n) is 11.7. The van der Waals surface area contributed by atoms with Gasteiger partial charge in [0.15, 0.2) is 5.75 Å². The standard InChI is InChI=1S/C14H19Cl2NO3/c1-14(2,3)20-17-6-4-5-7-19-13-11(15)8-10(18)9-12(13)16/h4,6,8-9,17-18H,5,7H2,1-3H3. The minimum atomic E-state index is -0.242. The average molecular weight is 320 g/mol. The number of rotatable bonds is 6. The smallest absolute Gasteiger partial charge is 0.156 e. The molecule has 4 nitrogen and oxygen atoms in total. The van der Waals surface area contributed by atoms with E-state index >= 15 is 0 Å². The minimum Gasteiger partial charge on any atom is -0.508 e. The van der Waals surface area contributed by atoms with Crippen LogP contribution in [0, 0.1) is 0 Å². The first-order valence-corrected chi connectivity index (χ1v) is 6.94. The summed E-state index contributed by atoms with van der Waals surface area (Å²) in [4.78, 5) is 5.30. The Morgan fingerprint density at radius 1 is 1.25 bits per heavy atom. The maximum Gasteiger partial charge on any atom is 0.156 e.